The number of aromatic amines is 1. The maximum atomic E-state index is 13.2. The number of hydrogen-bond donors (Lipinski definition) is 2. The molecule has 1 aliphatic rings. The Hall–Kier alpha value is -3.76. The van der Waals surface area contributed by atoms with E-state index in [-0.39, 0.29) is 17.1 Å². The second kappa shape index (κ2) is 11.1. The molecule has 2 aromatic carbocycles. The van der Waals surface area contributed by atoms with Crippen LogP contribution in [-0.4, -0.2) is 69.8 Å². The van der Waals surface area contributed by atoms with Crippen molar-refractivity contribution in [3.63, 3.8) is 0 Å². The molecule has 10 nitrogen and oxygen atoms in total. The minimum Gasteiger partial charge on any atom is -0.492 e. The van der Waals surface area contributed by atoms with Crippen molar-refractivity contribution in [2.24, 2.45) is 0 Å². The topological polar surface area (TPSA) is 114 Å². The molecule has 0 radical (unpaired) electrons. The molecule has 37 heavy (non-hydrogen) atoms. The Labute approximate surface area is 214 Å². The van der Waals surface area contributed by atoms with Gasteiger partial charge in [0, 0.05) is 43.7 Å². The van der Waals surface area contributed by atoms with Crippen molar-refractivity contribution >= 4 is 22.6 Å². The van der Waals surface area contributed by atoms with Crippen LogP contribution >= 0.6 is 0 Å². The first-order chi connectivity index (χ1) is 18.0. The highest BCUT2D eigenvalue weighted by Gasteiger charge is 2.17. The van der Waals surface area contributed by atoms with Crippen molar-refractivity contribution in [2.75, 3.05) is 39.5 Å². The first-order valence-electron chi connectivity index (χ1n) is 12.7. The van der Waals surface area contributed by atoms with E-state index in [0.717, 1.165) is 67.5 Å². The molecule has 5 rings (SSSR count). The second-order valence-electron chi connectivity index (χ2n) is 9.26. The van der Waals surface area contributed by atoms with Crippen LogP contribution < -0.4 is 15.6 Å². The van der Waals surface area contributed by atoms with E-state index in [2.05, 4.69) is 32.3 Å². The van der Waals surface area contributed by atoms with Gasteiger partial charge in [-0.3, -0.25) is 18.9 Å². The lowest BCUT2D eigenvalue weighted by Crippen LogP contribution is -2.38. The summed E-state index contributed by atoms with van der Waals surface area (Å²) in [6, 6.07) is 11.4. The largest absolute Gasteiger partial charge is 0.492 e. The number of aryl methyl sites for hydroxylation is 2. The number of carbonyl (C=O) groups is 1. The summed E-state index contributed by atoms with van der Waals surface area (Å²) in [7, 11) is 0. The highest BCUT2D eigenvalue weighted by atomic mass is 16.5. The van der Waals surface area contributed by atoms with E-state index in [9.17, 15) is 9.59 Å². The summed E-state index contributed by atoms with van der Waals surface area (Å²) in [5.41, 5.74) is 3.47. The zero-order chi connectivity index (χ0) is 25.8. The molecule has 0 aliphatic carbocycles. The van der Waals surface area contributed by atoms with Crippen molar-refractivity contribution in [1.82, 2.24) is 29.8 Å². The molecule has 0 spiro atoms. The van der Waals surface area contributed by atoms with Gasteiger partial charge < -0.3 is 19.8 Å². The molecule has 0 unspecified atom stereocenters. The van der Waals surface area contributed by atoms with Crippen molar-refractivity contribution in [3.8, 4) is 5.75 Å². The van der Waals surface area contributed by atoms with Gasteiger partial charge in [-0.15, -0.1) is 10.2 Å². The van der Waals surface area contributed by atoms with Gasteiger partial charge in [0.15, 0.2) is 0 Å². The molecular formula is C27H32N6O4. The fourth-order valence-corrected chi connectivity index (χ4v) is 4.67. The highest BCUT2D eigenvalue weighted by molar-refractivity contribution is 5.99. The van der Waals surface area contributed by atoms with Gasteiger partial charge >= 0.3 is 0 Å². The number of para-hydroxylation sites is 1. The molecule has 2 aromatic heterocycles. The van der Waals surface area contributed by atoms with Gasteiger partial charge in [-0.2, -0.15) is 0 Å². The van der Waals surface area contributed by atoms with E-state index < -0.39 is 0 Å². The maximum Gasteiger partial charge on any atom is 0.294 e. The molecular weight excluding hydrogens is 472 g/mol. The third kappa shape index (κ3) is 5.35. The summed E-state index contributed by atoms with van der Waals surface area (Å²) >= 11 is 0. The lowest BCUT2D eigenvalue weighted by Gasteiger charge is -2.26. The standard InChI is InChI=1S/C27H32N6O4/c1-3-6-24-30-31-25-27(35)29-21-16-20(18(2)15-22(21)33(24)25)26(34)28-17-19-7-4-5-8-23(19)37-14-11-32-9-12-36-13-10-32/h4-5,7-8,15-16H,3,6,9-14,17H2,1-2H3,(H,28,34)(H,29,35). The SMILES string of the molecule is CCCc1nnc2c(=O)[nH]c3cc(C(=O)NCc4ccccc4OCCN4CCOCC4)c(C)cc3n12. The Morgan fingerprint density at radius 1 is 1.19 bits per heavy atom. The van der Waals surface area contributed by atoms with Crippen LogP contribution in [0.15, 0.2) is 41.2 Å². The third-order valence-corrected chi connectivity index (χ3v) is 6.66. The predicted molar refractivity (Wildman–Crippen MR) is 140 cm³/mol. The molecule has 0 bridgehead atoms. The third-order valence-electron chi connectivity index (χ3n) is 6.66. The first-order valence-corrected chi connectivity index (χ1v) is 12.7. The number of nitrogens with zero attached hydrogens (tertiary/aromatic N) is 4. The average Bonchev–Trinajstić information content (AvgIpc) is 3.34. The van der Waals surface area contributed by atoms with Crippen molar-refractivity contribution in [1.29, 1.82) is 0 Å². The van der Waals surface area contributed by atoms with Gasteiger partial charge in [0.25, 0.3) is 11.5 Å². The Morgan fingerprint density at radius 2 is 2.00 bits per heavy atom. The summed E-state index contributed by atoms with van der Waals surface area (Å²) in [5.74, 6) is 1.27. The van der Waals surface area contributed by atoms with E-state index in [1.807, 2.05) is 37.3 Å². The number of H-pyrrole nitrogens is 1. The van der Waals surface area contributed by atoms with Gasteiger partial charge in [0.05, 0.1) is 24.2 Å². The molecule has 1 saturated heterocycles. The van der Waals surface area contributed by atoms with Crippen molar-refractivity contribution in [2.45, 2.75) is 33.2 Å². The molecule has 1 aliphatic heterocycles. The van der Waals surface area contributed by atoms with E-state index in [1.54, 1.807) is 10.5 Å². The summed E-state index contributed by atoms with van der Waals surface area (Å²) in [6.45, 7) is 9.02. The van der Waals surface area contributed by atoms with Crippen LogP contribution in [0.3, 0.4) is 0 Å². The van der Waals surface area contributed by atoms with Crippen LogP contribution in [0.5, 0.6) is 5.75 Å². The quantitative estimate of drug-likeness (QED) is 0.360. The Kier molecular flexibility index (Phi) is 7.47. The molecule has 4 aromatic rings. The predicted octanol–water partition coefficient (Wildman–Crippen LogP) is 2.47. The summed E-state index contributed by atoms with van der Waals surface area (Å²) in [4.78, 5) is 31.0. The summed E-state index contributed by atoms with van der Waals surface area (Å²) < 4.78 is 13.2. The molecule has 10 heteroatoms. The number of nitrogens with one attached hydrogen (secondary N) is 2. The van der Waals surface area contributed by atoms with Gasteiger partial charge in [-0.05, 0) is 37.1 Å². The number of morpholine rings is 1. The zero-order valence-corrected chi connectivity index (χ0v) is 21.2. The molecule has 0 atom stereocenters. The fourth-order valence-electron chi connectivity index (χ4n) is 4.67. The van der Waals surface area contributed by atoms with E-state index >= 15 is 0 Å². The molecule has 194 valence electrons. The molecule has 0 saturated carbocycles. The normalized spacial score (nSPS) is 14.3. The minimum atomic E-state index is -0.333. The van der Waals surface area contributed by atoms with Crippen LogP contribution in [0.1, 0.15) is 40.7 Å². The zero-order valence-electron chi connectivity index (χ0n) is 21.2. The number of rotatable bonds is 9. The Balaban J connectivity index is 1.31. The van der Waals surface area contributed by atoms with Crippen LogP contribution in [0.4, 0.5) is 0 Å². The number of fused-ring (bicyclic) bond motifs is 3. The molecule has 1 amide bonds. The summed E-state index contributed by atoms with van der Waals surface area (Å²) in [6.07, 6.45) is 1.59. The van der Waals surface area contributed by atoms with E-state index in [0.29, 0.717) is 30.7 Å². The fraction of sp³-hybridized carbons (Fsp3) is 0.407. The first kappa shape index (κ1) is 24.9. The maximum absolute atomic E-state index is 13.2. The number of benzene rings is 2. The van der Waals surface area contributed by atoms with Gasteiger partial charge in [0.2, 0.25) is 5.65 Å². The Morgan fingerprint density at radius 3 is 2.81 bits per heavy atom. The van der Waals surface area contributed by atoms with Gasteiger partial charge in [0.1, 0.15) is 18.2 Å². The van der Waals surface area contributed by atoms with E-state index in [1.165, 1.54) is 0 Å². The van der Waals surface area contributed by atoms with E-state index in [4.69, 9.17) is 9.47 Å². The molecule has 3 heterocycles. The monoisotopic (exact) mass is 504 g/mol. The smallest absolute Gasteiger partial charge is 0.294 e. The number of amides is 1. The average molecular weight is 505 g/mol. The van der Waals surface area contributed by atoms with Gasteiger partial charge in [-0.1, -0.05) is 25.1 Å². The number of carbonyl (C=O) groups excluding carboxylic acids is 1. The Bertz CT molecular complexity index is 1470. The van der Waals surface area contributed by atoms with Gasteiger partial charge in [-0.25, -0.2) is 0 Å². The van der Waals surface area contributed by atoms with Crippen LogP contribution in [0, 0.1) is 6.92 Å². The highest BCUT2D eigenvalue weighted by Crippen LogP contribution is 2.21. The number of hydrogen-bond acceptors (Lipinski definition) is 7. The van der Waals surface area contributed by atoms with Crippen LogP contribution in [-0.2, 0) is 17.7 Å². The van der Waals surface area contributed by atoms with Crippen LogP contribution in [0.2, 0.25) is 0 Å². The second-order valence-corrected chi connectivity index (χ2v) is 9.26. The van der Waals surface area contributed by atoms with Crippen molar-refractivity contribution < 1.29 is 14.3 Å². The lowest BCUT2D eigenvalue weighted by molar-refractivity contribution is 0.0322. The minimum absolute atomic E-state index is 0.221. The molecule has 1 fully saturated rings. The lowest BCUT2D eigenvalue weighted by atomic mass is 10.1. The number of ether oxygens (including phenoxy) is 2. The number of aromatic nitrogens is 4. The van der Waals surface area contributed by atoms with Crippen LogP contribution in [0.25, 0.3) is 16.7 Å². The summed E-state index contributed by atoms with van der Waals surface area (Å²) in [5, 5.41) is 11.3. The van der Waals surface area contributed by atoms with Crippen molar-refractivity contribution in [3.05, 3.63) is 69.3 Å². The molecule has 2 N–H and O–H groups in total.